The van der Waals surface area contributed by atoms with Gasteiger partial charge in [0.1, 0.15) is 0 Å². The fraction of sp³-hybridized carbons (Fsp3) is 0.923. The van der Waals surface area contributed by atoms with Crippen molar-refractivity contribution < 1.29 is 4.79 Å². The van der Waals surface area contributed by atoms with E-state index in [2.05, 4.69) is 18.7 Å². The molecule has 1 aliphatic rings. The fourth-order valence-electron chi connectivity index (χ4n) is 2.64. The van der Waals surface area contributed by atoms with Gasteiger partial charge in [0.2, 0.25) is 5.91 Å². The Balaban J connectivity index is 2.42. The van der Waals surface area contributed by atoms with Crippen molar-refractivity contribution in [1.82, 2.24) is 9.80 Å². The molecule has 0 aromatic carbocycles. The van der Waals surface area contributed by atoms with Crippen LogP contribution in [0.25, 0.3) is 0 Å². The summed E-state index contributed by atoms with van der Waals surface area (Å²) in [6.45, 7) is 7.31. The zero-order valence-electron chi connectivity index (χ0n) is 11.5. The van der Waals surface area contributed by atoms with Gasteiger partial charge < -0.3 is 10.6 Å². The second-order valence-corrected chi connectivity index (χ2v) is 5.04. The van der Waals surface area contributed by atoms with Crippen molar-refractivity contribution >= 4 is 5.91 Å². The molecular formula is C13H27N3O. The maximum absolute atomic E-state index is 12.0. The molecule has 1 rings (SSSR count). The standard InChI is InChI=1S/C13H27N3O/c1-4-7-12(14)13(17)15(3)10-11-8-6-9-16(11)5-2/h11-12H,4-10,14H2,1-3H3. The summed E-state index contributed by atoms with van der Waals surface area (Å²) in [5, 5.41) is 0. The SMILES string of the molecule is CCCC(N)C(=O)N(C)CC1CCCN1CC. The molecule has 1 saturated heterocycles. The van der Waals surface area contributed by atoms with Gasteiger partial charge in [0.05, 0.1) is 6.04 Å². The van der Waals surface area contributed by atoms with Crippen LogP contribution in [0, 0.1) is 0 Å². The first-order chi connectivity index (χ1) is 8.10. The van der Waals surface area contributed by atoms with Crippen LogP contribution in [-0.2, 0) is 4.79 Å². The maximum Gasteiger partial charge on any atom is 0.239 e. The Hall–Kier alpha value is -0.610. The Bertz CT molecular complexity index is 245. The largest absolute Gasteiger partial charge is 0.343 e. The van der Waals surface area contributed by atoms with Crippen LogP contribution in [0.15, 0.2) is 0 Å². The lowest BCUT2D eigenvalue weighted by Crippen LogP contribution is -2.47. The summed E-state index contributed by atoms with van der Waals surface area (Å²) in [7, 11) is 1.88. The molecule has 0 aliphatic carbocycles. The van der Waals surface area contributed by atoms with E-state index >= 15 is 0 Å². The van der Waals surface area contributed by atoms with Crippen molar-refractivity contribution in [2.24, 2.45) is 5.73 Å². The van der Waals surface area contributed by atoms with Gasteiger partial charge in [-0.1, -0.05) is 20.3 Å². The number of carbonyl (C=O) groups excluding carboxylic acids is 1. The van der Waals surface area contributed by atoms with Crippen LogP contribution in [-0.4, -0.2) is 54.5 Å². The lowest BCUT2D eigenvalue weighted by Gasteiger charge is -2.29. The Labute approximate surface area is 105 Å². The summed E-state index contributed by atoms with van der Waals surface area (Å²) >= 11 is 0. The number of likely N-dealkylation sites (N-methyl/N-ethyl adjacent to an activating group) is 2. The van der Waals surface area contributed by atoms with Gasteiger partial charge in [0.15, 0.2) is 0 Å². The van der Waals surface area contributed by atoms with Crippen LogP contribution in [0.2, 0.25) is 0 Å². The summed E-state index contributed by atoms with van der Waals surface area (Å²) in [6, 6.07) is 0.212. The monoisotopic (exact) mass is 241 g/mol. The molecule has 1 amide bonds. The van der Waals surface area contributed by atoms with E-state index in [1.165, 1.54) is 19.4 Å². The molecule has 2 unspecified atom stereocenters. The van der Waals surface area contributed by atoms with E-state index < -0.39 is 0 Å². The van der Waals surface area contributed by atoms with E-state index in [4.69, 9.17) is 5.73 Å². The van der Waals surface area contributed by atoms with Crippen molar-refractivity contribution in [1.29, 1.82) is 0 Å². The summed E-state index contributed by atoms with van der Waals surface area (Å²) in [5.41, 5.74) is 5.87. The molecule has 0 aromatic rings. The second kappa shape index (κ2) is 6.97. The lowest BCUT2D eigenvalue weighted by atomic mass is 10.1. The van der Waals surface area contributed by atoms with E-state index in [1.807, 2.05) is 11.9 Å². The molecule has 1 aliphatic heterocycles. The normalized spacial score (nSPS) is 22.7. The van der Waals surface area contributed by atoms with Crippen LogP contribution in [0.4, 0.5) is 0 Å². The zero-order chi connectivity index (χ0) is 12.8. The van der Waals surface area contributed by atoms with Crippen LogP contribution < -0.4 is 5.73 Å². The molecule has 4 heteroatoms. The van der Waals surface area contributed by atoms with Gasteiger partial charge in [0.25, 0.3) is 0 Å². The Morgan fingerprint density at radius 3 is 2.82 bits per heavy atom. The summed E-state index contributed by atoms with van der Waals surface area (Å²) < 4.78 is 0. The topological polar surface area (TPSA) is 49.6 Å². The van der Waals surface area contributed by atoms with E-state index in [0.29, 0.717) is 6.04 Å². The minimum absolute atomic E-state index is 0.0924. The minimum Gasteiger partial charge on any atom is -0.343 e. The second-order valence-electron chi connectivity index (χ2n) is 5.04. The molecule has 1 heterocycles. The third kappa shape index (κ3) is 3.96. The highest BCUT2D eigenvalue weighted by Crippen LogP contribution is 2.17. The third-order valence-corrected chi connectivity index (χ3v) is 3.68. The number of amides is 1. The predicted octanol–water partition coefficient (Wildman–Crippen LogP) is 1.06. The van der Waals surface area contributed by atoms with Gasteiger partial charge in [-0.3, -0.25) is 9.69 Å². The highest BCUT2D eigenvalue weighted by Gasteiger charge is 2.26. The number of hydrogen-bond acceptors (Lipinski definition) is 3. The number of rotatable bonds is 6. The van der Waals surface area contributed by atoms with Crippen LogP contribution in [0.3, 0.4) is 0 Å². The first-order valence-electron chi connectivity index (χ1n) is 6.84. The smallest absolute Gasteiger partial charge is 0.239 e. The molecule has 0 aromatic heterocycles. The van der Waals surface area contributed by atoms with Gasteiger partial charge >= 0.3 is 0 Å². The molecule has 17 heavy (non-hydrogen) atoms. The first kappa shape index (κ1) is 14.5. The maximum atomic E-state index is 12.0. The van der Waals surface area contributed by atoms with E-state index in [0.717, 1.165) is 25.9 Å². The molecule has 2 atom stereocenters. The number of carbonyl (C=O) groups is 1. The summed E-state index contributed by atoms with van der Waals surface area (Å²) in [4.78, 5) is 16.3. The molecule has 0 bridgehead atoms. The third-order valence-electron chi connectivity index (χ3n) is 3.68. The fourth-order valence-corrected chi connectivity index (χ4v) is 2.64. The van der Waals surface area contributed by atoms with Crippen LogP contribution in [0.1, 0.15) is 39.5 Å². The number of nitrogens with two attached hydrogens (primary N) is 1. The van der Waals surface area contributed by atoms with E-state index in [-0.39, 0.29) is 11.9 Å². The average molecular weight is 241 g/mol. The van der Waals surface area contributed by atoms with Crippen LogP contribution >= 0.6 is 0 Å². The van der Waals surface area contributed by atoms with E-state index in [1.54, 1.807) is 0 Å². The van der Waals surface area contributed by atoms with Crippen molar-refractivity contribution in [2.75, 3.05) is 26.7 Å². The van der Waals surface area contributed by atoms with E-state index in [9.17, 15) is 4.79 Å². The van der Waals surface area contributed by atoms with Gasteiger partial charge in [0, 0.05) is 19.6 Å². The quantitative estimate of drug-likeness (QED) is 0.756. The molecule has 4 nitrogen and oxygen atoms in total. The van der Waals surface area contributed by atoms with Crippen molar-refractivity contribution in [3.63, 3.8) is 0 Å². The van der Waals surface area contributed by atoms with Crippen LogP contribution in [0.5, 0.6) is 0 Å². The van der Waals surface area contributed by atoms with Gasteiger partial charge in [-0.15, -0.1) is 0 Å². The zero-order valence-corrected chi connectivity index (χ0v) is 11.5. The number of likely N-dealkylation sites (tertiary alicyclic amines) is 1. The Morgan fingerprint density at radius 2 is 2.24 bits per heavy atom. The number of hydrogen-bond donors (Lipinski definition) is 1. The highest BCUT2D eigenvalue weighted by atomic mass is 16.2. The van der Waals surface area contributed by atoms with Crippen molar-refractivity contribution in [2.45, 2.75) is 51.6 Å². The van der Waals surface area contributed by atoms with Crippen molar-refractivity contribution in [3.05, 3.63) is 0 Å². The Morgan fingerprint density at radius 1 is 1.53 bits per heavy atom. The molecule has 0 radical (unpaired) electrons. The average Bonchev–Trinajstić information content (AvgIpc) is 2.75. The number of nitrogens with zero attached hydrogens (tertiary/aromatic N) is 2. The lowest BCUT2D eigenvalue weighted by molar-refractivity contribution is -0.132. The first-order valence-corrected chi connectivity index (χ1v) is 6.84. The minimum atomic E-state index is -0.318. The molecule has 100 valence electrons. The molecular weight excluding hydrogens is 214 g/mol. The highest BCUT2D eigenvalue weighted by molar-refractivity contribution is 5.81. The Kier molecular flexibility index (Phi) is 5.92. The molecule has 0 saturated carbocycles. The predicted molar refractivity (Wildman–Crippen MR) is 70.8 cm³/mol. The molecule has 1 fully saturated rings. The van der Waals surface area contributed by atoms with Gasteiger partial charge in [-0.05, 0) is 32.4 Å². The summed E-state index contributed by atoms with van der Waals surface area (Å²) in [6.07, 6.45) is 4.20. The van der Waals surface area contributed by atoms with Gasteiger partial charge in [-0.2, -0.15) is 0 Å². The molecule has 0 spiro atoms. The molecule has 2 N–H and O–H groups in total. The van der Waals surface area contributed by atoms with Crippen molar-refractivity contribution in [3.8, 4) is 0 Å². The summed E-state index contributed by atoms with van der Waals surface area (Å²) in [5.74, 6) is 0.0924. The van der Waals surface area contributed by atoms with Gasteiger partial charge in [-0.25, -0.2) is 0 Å².